The van der Waals surface area contributed by atoms with E-state index in [1.54, 1.807) is 18.6 Å². The number of aromatic nitrogens is 2. The molecule has 0 unspecified atom stereocenters. The Bertz CT molecular complexity index is 796. The number of rotatable bonds is 3. The zero-order chi connectivity index (χ0) is 17.1. The molecule has 25 heavy (non-hydrogen) atoms. The van der Waals surface area contributed by atoms with Crippen LogP contribution in [0.15, 0.2) is 46.0 Å². The summed E-state index contributed by atoms with van der Waals surface area (Å²) >= 11 is 2.93. The minimum Gasteiger partial charge on any atom is -0.283 e. The van der Waals surface area contributed by atoms with E-state index in [0.717, 1.165) is 23.6 Å². The van der Waals surface area contributed by atoms with E-state index >= 15 is 0 Å². The van der Waals surface area contributed by atoms with E-state index in [0.29, 0.717) is 10.0 Å². The van der Waals surface area contributed by atoms with Crippen LogP contribution in [0.3, 0.4) is 0 Å². The molecule has 0 spiro atoms. The first-order valence-electron chi connectivity index (χ1n) is 8.42. The molecule has 1 aliphatic heterocycles. The second-order valence-corrected chi connectivity index (χ2v) is 7.95. The highest BCUT2D eigenvalue weighted by molar-refractivity contribution is 8.18. The predicted molar refractivity (Wildman–Crippen MR) is 103 cm³/mol. The number of hydrogen-bond acceptors (Lipinski definition) is 6. The van der Waals surface area contributed by atoms with Crippen molar-refractivity contribution in [2.24, 2.45) is 4.99 Å². The fourth-order valence-corrected chi connectivity index (χ4v) is 4.79. The predicted octanol–water partition coefficient (Wildman–Crippen LogP) is 4.47. The van der Waals surface area contributed by atoms with Gasteiger partial charge in [-0.2, -0.15) is 4.99 Å². The van der Waals surface area contributed by atoms with Crippen LogP contribution in [0.4, 0.5) is 5.13 Å². The van der Waals surface area contributed by atoms with E-state index in [2.05, 4.69) is 15.0 Å². The lowest BCUT2D eigenvalue weighted by molar-refractivity contribution is -0.124. The topological polar surface area (TPSA) is 58.5 Å². The van der Waals surface area contributed by atoms with Gasteiger partial charge >= 0.3 is 0 Å². The highest BCUT2D eigenvalue weighted by atomic mass is 32.2. The number of hydrogen-bond donors (Lipinski definition) is 0. The van der Waals surface area contributed by atoms with Gasteiger partial charge in [0.2, 0.25) is 5.13 Å². The fraction of sp³-hybridized carbons (Fsp3) is 0.333. The summed E-state index contributed by atoms with van der Waals surface area (Å²) in [6.07, 6.45) is 12.8. The summed E-state index contributed by atoms with van der Waals surface area (Å²) in [5, 5.41) is 3.35. The number of thioether (sulfide) groups is 1. The van der Waals surface area contributed by atoms with Gasteiger partial charge in [-0.15, -0.1) is 11.3 Å². The molecular weight excluding hydrogens is 352 g/mol. The van der Waals surface area contributed by atoms with Crippen LogP contribution >= 0.6 is 23.1 Å². The number of carbonyl (C=O) groups excluding carboxylic acids is 1. The number of thiazole rings is 1. The maximum absolute atomic E-state index is 13.1. The largest absolute Gasteiger partial charge is 0.283 e. The SMILES string of the molecule is O=C1/C(=C/c2ccncc2)S/C(=N/c2nccs2)N1C1CCCCC1. The van der Waals surface area contributed by atoms with Gasteiger partial charge in [0.25, 0.3) is 5.91 Å². The van der Waals surface area contributed by atoms with Gasteiger partial charge in [0.05, 0.1) is 4.91 Å². The van der Waals surface area contributed by atoms with Crippen molar-refractivity contribution < 1.29 is 4.79 Å². The van der Waals surface area contributed by atoms with Crippen molar-refractivity contribution in [3.8, 4) is 0 Å². The van der Waals surface area contributed by atoms with Gasteiger partial charge in [-0.3, -0.25) is 14.7 Å². The average molecular weight is 371 g/mol. The van der Waals surface area contributed by atoms with Crippen LogP contribution in [0.5, 0.6) is 0 Å². The van der Waals surface area contributed by atoms with Crippen molar-refractivity contribution in [1.82, 2.24) is 14.9 Å². The third-order valence-electron chi connectivity index (χ3n) is 4.39. The maximum Gasteiger partial charge on any atom is 0.267 e. The molecule has 2 aromatic rings. The Hall–Kier alpha value is -1.99. The number of pyridine rings is 1. The molecule has 1 saturated carbocycles. The number of aliphatic imine (C=N–C) groups is 1. The average Bonchev–Trinajstić information content (AvgIpc) is 3.26. The molecule has 5 nitrogen and oxygen atoms in total. The van der Waals surface area contributed by atoms with Gasteiger partial charge in [0.15, 0.2) is 5.17 Å². The van der Waals surface area contributed by atoms with Crippen molar-refractivity contribution in [2.45, 2.75) is 38.1 Å². The Labute approximate surface area is 154 Å². The molecule has 0 bridgehead atoms. The van der Waals surface area contributed by atoms with E-state index in [-0.39, 0.29) is 11.9 Å². The Morgan fingerprint density at radius 3 is 2.68 bits per heavy atom. The Morgan fingerprint density at radius 1 is 1.16 bits per heavy atom. The van der Waals surface area contributed by atoms with Crippen LogP contribution in [0.2, 0.25) is 0 Å². The Morgan fingerprint density at radius 2 is 1.96 bits per heavy atom. The first-order valence-corrected chi connectivity index (χ1v) is 10.1. The monoisotopic (exact) mass is 370 g/mol. The first-order chi connectivity index (χ1) is 12.3. The van der Waals surface area contributed by atoms with Crippen LogP contribution in [-0.4, -0.2) is 32.0 Å². The van der Waals surface area contributed by atoms with E-state index < -0.39 is 0 Å². The summed E-state index contributed by atoms with van der Waals surface area (Å²) in [6.45, 7) is 0. The molecule has 7 heteroatoms. The minimum atomic E-state index is 0.0593. The molecule has 0 aromatic carbocycles. The van der Waals surface area contributed by atoms with Crippen LogP contribution in [0.1, 0.15) is 37.7 Å². The summed E-state index contributed by atoms with van der Waals surface area (Å²) in [6, 6.07) is 4.06. The van der Waals surface area contributed by atoms with Gasteiger partial charge in [-0.1, -0.05) is 19.3 Å². The van der Waals surface area contributed by atoms with Gasteiger partial charge in [-0.25, -0.2) is 4.98 Å². The van der Waals surface area contributed by atoms with Crippen LogP contribution in [0.25, 0.3) is 6.08 Å². The summed E-state index contributed by atoms with van der Waals surface area (Å²) in [7, 11) is 0. The summed E-state index contributed by atoms with van der Waals surface area (Å²) < 4.78 is 0. The van der Waals surface area contributed by atoms with Gasteiger partial charge in [0.1, 0.15) is 0 Å². The van der Waals surface area contributed by atoms with Crippen LogP contribution < -0.4 is 0 Å². The van der Waals surface area contributed by atoms with E-state index in [1.807, 2.05) is 28.5 Å². The number of nitrogens with zero attached hydrogens (tertiary/aromatic N) is 4. The molecule has 2 aliphatic rings. The normalized spacial score (nSPS) is 22.2. The number of amidine groups is 1. The second-order valence-electron chi connectivity index (χ2n) is 6.07. The molecule has 1 aliphatic carbocycles. The fourth-order valence-electron chi connectivity index (χ4n) is 3.19. The van der Waals surface area contributed by atoms with Crippen molar-refractivity contribution in [3.63, 3.8) is 0 Å². The zero-order valence-corrected chi connectivity index (χ0v) is 15.3. The summed E-state index contributed by atoms with van der Waals surface area (Å²) in [5.74, 6) is 0.0593. The molecule has 1 saturated heterocycles. The van der Waals surface area contributed by atoms with Crippen molar-refractivity contribution in [2.75, 3.05) is 0 Å². The van der Waals surface area contributed by atoms with E-state index in [4.69, 9.17) is 0 Å². The quantitative estimate of drug-likeness (QED) is 0.748. The van der Waals surface area contributed by atoms with Crippen LogP contribution in [-0.2, 0) is 4.79 Å². The van der Waals surface area contributed by atoms with Gasteiger partial charge in [-0.05, 0) is 48.4 Å². The zero-order valence-electron chi connectivity index (χ0n) is 13.7. The lowest BCUT2D eigenvalue weighted by Crippen LogP contribution is -2.40. The minimum absolute atomic E-state index is 0.0593. The van der Waals surface area contributed by atoms with Crippen molar-refractivity contribution in [3.05, 3.63) is 46.6 Å². The van der Waals surface area contributed by atoms with E-state index in [9.17, 15) is 4.79 Å². The third-order valence-corrected chi connectivity index (χ3v) is 6.04. The molecule has 128 valence electrons. The van der Waals surface area contributed by atoms with E-state index in [1.165, 1.54) is 42.4 Å². The number of carbonyl (C=O) groups is 1. The van der Waals surface area contributed by atoms with Crippen molar-refractivity contribution >= 4 is 45.4 Å². The smallest absolute Gasteiger partial charge is 0.267 e. The summed E-state index contributed by atoms with van der Waals surface area (Å²) in [4.78, 5) is 28.6. The molecule has 0 N–H and O–H groups in total. The third kappa shape index (κ3) is 3.67. The molecule has 0 atom stereocenters. The first kappa shape index (κ1) is 16.5. The number of amides is 1. The Balaban J connectivity index is 1.68. The molecule has 2 fully saturated rings. The highest BCUT2D eigenvalue weighted by Gasteiger charge is 2.38. The lowest BCUT2D eigenvalue weighted by Gasteiger charge is -2.30. The van der Waals surface area contributed by atoms with Gasteiger partial charge < -0.3 is 0 Å². The Kier molecular flexibility index (Phi) is 4.94. The van der Waals surface area contributed by atoms with Crippen molar-refractivity contribution in [1.29, 1.82) is 0 Å². The summed E-state index contributed by atoms with van der Waals surface area (Å²) in [5.41, 5.74) is 0.977. The van der Waals surface area contributed by atoms with Gasteiger partial charge in [0, 0.05) is 30.0 Å². The second kappa shape index (κ2) is 7.49. The molecule has 0 radical (unpaired) electrons. The molecule has 4 rings (SSSR count). The molecule has 1 amide bonds. The molecule has 3 heterocycles. The lowest BCUT2D eigenvalue weighted by atomic mass is 9.94. The molecular formula is C18H18N4OS2. The maximum atomic E-state index is 13.1. The standard InChI is InChI=1S/C18H18N4OS2/c23-16-15(12-13-6-8-19-9-7-13)25-18(21-17-20-10-11-24-17)22(16)14-4-2-1-3-5-14/h6-12,14H,1-5H2/b15-12-,21-18+. The van der Waals surface area contributed by atoms with Crippen LogP contribution in [0, 0.1) is 0 Å². The highest BCUT2D eigenvalue weighted by Crippen LogP contribution is 2.38. The molecule has 2 aromatic heterocycles.